The Morgan fingerprint density at radius 2 is 1.60 bits per heavy atom. The standard InChI is InChI=1S/C13H13N3O3S/c14-13(17)9-3-1-4-10(7-9)16-11-5-2-6-12(8-11)20(15,18)19/h1-8,16H,(H2,14,17)(H2,15,18,19). The van der Waals surface area contributed by atoms with Gasteiger partial charge in [0.05, 0.1) is 4.90 Å². The minimum absolute atomic E-state index is 0.00792. The number of nitrogens with two attached hydrogens (primary N) is 2. The fourth-order valence-corrected chi connectivity index (χ4v) is 2.23. The quantitative estimate of drug-likeness (QED) is 0.784. The zero-order chi connectivity index (χ0) is 14.8. The van der Waals surface area contributed by atoms with Gasteiger partial charge in [-0.25, -0.2) is 13.6 Å². The zero-order valence-electron chi connectivity index (χ0n) is 10.4. The van der Waals surface area contributed by atoms with Crippen LogP contribution in [0.4, 0.5) is 11.4 Å². The predicted octanol–water partition coefficient (Wildman–Crippen LogP) is 1.18. The summed E-state index contributed by atoms with van der Waals surface area (Å²) in [5.74, 6) is -0.535. The van der Waals surface area contributed by atoms with Gasteiger partial charge in [0.1, 0.15) is 0 Å². The van der Waals surface area contributed by atoms with E-state index in [1.807, 2.05) is 0 Å². The maximum absolute atomic E-state index is 11.3. The normalized spacial score (nSPS) is 11.1. The highest BCUT2D eigenvalue weighted by molar-refractivity contribution is 7.89. The van der Waals surface area contributed by atoms with E-state index in [2.05, 4.69) is 5.32 Å². The van der Waals surface area contributed by atoms with Crippen molar-refractivity contribution in [2.24, 2.45) is 10.9 Å². The van der Waals surface area contributed by atoms with E-state index in [1.54, 1.807) is 36.4 Å². The number of primary sulfonamides is 1. The molecular formula is C13H13N3O3S. The molecule has 0 spiro atoms. The molecule has 0 aliphatic carbocycles. The number of benzene rings is 2. The van der Waals surface area contributed by atoms with Crippen LogP contribution in [0.25, 0.3) is 0 Å². The summed E-state index contributed by atoms with van der Waals surface area (Å²) < 4.78 is 22.5. The topological polar surface area (TPSA) is 115 Å². The average Bonchev–Trinajstić information content (AvgIpc) is 2.38. The van der Waals surface area contributed by atoms with Gasteiger partial charge in [0.15, 0.2) is 0 Å². The Bertz CT molecular complexity index is 757. The van der Waals surface area contributed by atoms with E-state index in [0.29, 0.717) is 16.9 Å². The highest BCUT2D eigenvalue weighted by atomic mass is 32.2. The molecule has 1 amide bonds. The van der Waals surface area contributed by atoms with Gasteiger partial charge in [-0.05, 0) is 36.4 Å². The zero-order valence-corrected chi connectivity index (χ0v) is 11.2. The molecule has 0 radical (unpaired) electrons. The lowest BCUT2D eigenvalue weighted by molar-refractivity contribution is 0.100. The molecule has 0 unspecified atom stereocenters. The van der Waals surface area contributed by atoms with Crippen molar-refractivity contribution in [1.29, 1.82) is 0 Å². The number of hydrogen-bond acceptors (Lipinski definition) is 4. The summed E-state index contributed by atoms with van der Waals surface area (Å²) in [6.45, 7) is 0. The fourth-order valence-electron chi connectivity index (χ4n) is 1.67. The lowest BCUT2D eigenvalue weighted by Gasteiger charge is -2.08. The van der Waals surface area contributed by atoms with Crippen LogP contribution in [-0.4, -0.2) is 14.3 Å². The Balaban J connectivity index is 2.31. The van der Waals surface area contributed by atoms with E-state index in [-0.39, 0.29) is 4.90 Å². The van der Waals surface area contributed by atoms with Crippen LogP contribution < -0.4 is 16.2 Å². The molecular weight excluding hydrogens is 278 g/mol. The van der Waals surface area contributed by atoms with E-state index in [1.165, 1.54) is 12.1 Å². The van der Waals surface area contributed by atoms with Crippen LogP contribution in [0.5, 0.6) is 0 Å². The summed E-state index contributed by atoms with van der Waals surface area (Å²) in [5, 5.41) is 8.05. The SMILES string of the molecule is NC(=O)c1cccc(Nc2cccc(S(N)(=O)=O)c2)c1. The van der Waals surface area contributed by atoms with Gasteiger partial charge in [0.25, 0.3) is 0 Å². The molecule has 0 aliphatic heterocycles. The summed E-state index contributed by atoms with van der Waals surface area (Å²) in [7, 11) is -3.75. The molecule has 0 fully saturated rings. The molecule has 6 nitrogen and oxygen atoms in total. The Hall–Kier alpha value is -2.38. The molecule has 7 heteroatoms. The van der Waals surface area contributed by atoms with Crippen molar-refractivity contribution in [3.05, 3.63) is 54.1 Å². The van der Waals surface area contributed by atoms with Crippen molar-refractivity contribution in [2.75, 3.05) is 5.32 Å². The third-order valence-electron chi connectivity index (χ3n) is 2.60. The van der Waals surface area contributed by atoms with Crippen LogP contribution in [0, 0.1) is 0 Å². The van der Waals surface area contributed by atoms with Crippen molar-refractivity contribution in [3.63, 3.8) is 0 Å². The Kier molecular flexibility index (Phi) is 3.73. The average molecular weight is 291 g/mol. The molecule has 0 bridgehead atoms. The molecule has 0 aromatic heterocycles. The Labute approximate surface area is 116 Å². The molecule has 2 aromatic rings. The van der Waals surface area contributed by atoms with Crippen LogP contribution in [0.15, 0.2) is 53.4 Å². The van der Waals surface area contributed by atoms with Gasteiger partial charge in [0, 0.05) is 16.9 Å². The second kappa shape index (κ2) is 5.32. The van der Waals surface area contributed by atoms with E-state index < -0.39 is 15.9 Å². The Morgan fingerprint density at radius 3 is 2.20 bits per heavy atom. The number of nitrogens with one attached hydrogen (secondary N) is 1. The molecule has 0 aliphatic rings. The molecule has 0 saturated carbocycles. The first kappa shape index (κ1) is 14.0. The number of amides is 1. The Morgan fingerprint density at radius 1 is 1.00 bits per heavy atom. The first-order chi connectivity index (χ1) is 9.36. The highest BCUT2D eigenvalue weighted by Crippen LogP contribution is 2.20. The van der Waals surface area contributed by atoms with Crippen molar-refractivity contribution in [2.45, 2.75) is 4.90 Å². The maximum Gasteiger partial charge on any atom is 0.248 e. The number of hydrogen-bond donors (Lipinski definition) is 3. The van der Waals surface area contributed by atoms with E-state index >= 15 is 0 Å². The van der Waals surface area contributed by atoms with Crippen LogP contribution in [0.3, 0.4) is 0 Å². The van der Waals surface area contributed by atoms with Crippen molar-refractivity contribution in [1.82, 2.24) is 0 Å². The summed E-state index contributed by atoms with van der Waals surface area (Å²) in [6.07, 6.45) is 0. The molecule has 0 heterocycles. The minimum atomic E-state index is -3.75. The molecule has 2 rings (SSSR count). The number of sulfonamides is 1. The van der Waals surface area contributed by atoms with E-state index in [4.69, 9.17) is 10.9 Å². The lowest BCUT2D eigenvalue weighted by atomic mass is 10.2. The van der Waals surface area contributed by atoms with Crippen molar-refractivity contribution < 1.29 is 13.2 Å². The maximum atomic E-state index is 11.3. The van der Waals surface area contributed by atoms with Gasteiger partial charge in [0.2, 0.25) is 15.9 Å². The number of carbonyl (C=O) groups excluding carboxylic acids is 1. The van der Waals surface area contributed by atoms with Crippen LogP contribution in [-0.2, 0) is 10.0 Å². The fraction of sp³-hybridized carbons (Fsp3) is 0. The number of primary amides is 1. The number of rotatable bonds is 4. The monoisotopic (exact) mass is 291 g/mol. The summed E-state index contributed by atoms with van der Waals surface area (Å²) in [5.41, 5.74) is 6.71. The molecule has 2 aromatic carbocycles. The smallest absolute Gasteiger partial charge is 0.248 e. The van der Waals surface area contributed by atoms with Gasteiger partial charge < -0.3 is 11.1 Å². The first-order valence-corrected chi connectivity index (χ1v) is 7.21. The summed E-state index contributed by atoms with van der Waals surface area (Å²) in [6, 6.07) is 12.6. The van der Waals surface area contributed by atoms with Crippen molar-refractivity contribution >= 4 is 27.3 Å². The van der Waals surface area contributed by atoms with Crippen LogP contribution in [0.1, 0.15) is 10.4 Å². The largest absolute Gasteiger partial charge is 0.366 e. The second-order valence-corrected chi connectivity index (χ2v) is 5.70. The molecule has 0 saturated heterocycles. The molecule has 5 N–H and O–H groups in total. The summed E-state index contributed by atoms with van der Waals surface area (Å²) >= 11 is 0. The van der Waals surface area contributed by atoms with Gasteiger partial charge in [-0.2, -0.15) is 0 Å². The third-order valence-corrected chi connectivity index (χ3v) is 3.51. The van der Waals surface area contributed by atoms with E-state index in [0.717, 1.165) is 0 Å². The minimum Gasteiger partial charge on any atom is -0.366 e. The first-order valence-electron chi connectivity index (χ1n) is 5.66. The van der Waals surface area contributed by atoms with Gasteiger partial charge >= 0.3 is 0 Å². The van der Waals surface area contributed by atoms with E-state index in [9.17, 15) is 13.2 Å². The second-order valence-electron chi connectivity index (χ2n) is 4.14. The molecule has 20 heavy (non-hydrogen) atoms. The predicted molar refractivity (Wildman–Crippen MR) is 76.1 cm³/mol. The molecule has 104 valence electrons. The highest BCUT2D eigenvalue weighted by Gasteiger charge is 2.08. The van der Waals surface area contributed by atoms with Crippen molar-refractivity contribution in [3.8, 4) is 0 Å². The molecule has 0 atom stereocenters. The third kappa shape index (κ3) is 3.34. The van der Waals surface area contributed by atoms with Gasteiger partial charge in [-0.15, -0.1) is 0 Å². The van der Waals surface area contributed by atoms with Gasteiger partial charge in [-0.1, -0.05) is 12.1 Å². The van der Waals surface area contributed by atoms with Gasteiger partial charge in [-0.3, -0.25) is 4.79 Å². The van der Waals surface area contributed by atoms with Crippen LogP contribution >= 0.6 is 0 Å². The lowest BCUT2D eigenvalue weighted by Crippen LogP contribution is -2.12. The van der Waals surface area contributed by atoms with Crippen LogP contribution in [0.2, 0.25) is 0 Å². The number of carbonyl (C=O) groups is 1. The number of anilines is 2. The summed E-state index contributed by atoms with van der Waals surface area (Å²) in [4.78, 5) is 11.1.